The molecule has 2 unspecified atom stereocenters. The maximum absolute atomic E-state index is 12.2. The Morgan fingerprint density at radius 2 is 2.21 bits per heavy atom. The molecule has 3 rings (SSSR count). The van der Waals surface area contributed by atoms with Crippen LogP contribution in [0.3, 0.4) is 0 Å². The number of nitrogens with zero attached hydrogens (tertiary/aromatic N) is 1. The van der Waals surface area contributed by atoms with Gasteiger partial charge in [-0.3, -0.25) is 10.1 Å². The van der Waals surface area contributed by atoms with Crippen molar-refractivity contribution in [1.29, 1.82) is 0 Å². The monoisotopic (exact) mass is 264 g/mol. The van der Waals surface area contributed by atoms with Gasteiger partial charge in [0.1, 0.15) is 6.04 Å². The SMILES string of the molecule is CC1CN(c2ccc3c(c2)OCO3)C(=O)C(CO)N1. The molecule has 2 aliphatic rings. The van der Waals surface area contributed by atoms with Crippen LogP contribution in [-0.4, -0.2) is 43.0 Å². The van der Waals surface area contributed by atoms with Crippen LogP contribution < -0.4 is 19.7 Å². The van der Waals surface area contributed by atoms with E-state index in [1.54, 1.807) is 17.0 Å². The first kappa shape index (κ1) is 12.3. The lowest BCUT2D eigenvalue weighted by Gasteiger charge is -2.36. The van der Waals surface area contributed by atoms with Gasteiger partial charge in [-0.25, -0.2) is 0 Å². The predicted molar refractivity (Wildman–Crippen MR) is 68.4 cm³/mol. The minimum atomic E-state index is -0.547. The zero-order valence-electron chi connectivity index (χ0n) is 10.6. The van der Waals surface area contributed by atoms with E-state index in [0.717, 1.165) is 5.69 Å². The molecule has 6 nitrogen and oxygen atoms in total. The first-order chi connectivity index (χ1) is 9.19. The summed E-state index contributed by atoms with van der Waals surface area (Å²) < 4.78 is 10.6. The maximum Gasteiger partial charge on any atom is 0.246 e. The quantitative estimate of drug-likeness (QED) is 0.793. The van der Waals surface area contributed by atoms with Crippen molar-refractivity contribution in [3.63, 3.8) is 0 Å². The molecule has 2 aliphatic heterocycles. The molecule has 1 saturated heterocycles. The fraction of sp³-hybridized carbons (Fsp3) is 0.462. The Hall–Kier alpha value is -1.79. The molecule has 0 aliphatic carbocycles. The third-order valence-electron chi connectivity index (χ3n) is 3.36. The summed E-state index contributed by atoms with van der Waals surface area (Å²) in [4.78, 5) is 13.9. The second kappa shape index (κ2) is 4.71. The lowest BCUT2D eigenvalue weighted by Crippen LogP contribution is -2.60. The van der Waals surface area contributed by atoms with Crippen LogP contribution in [0.5, 0.6) is 11.5 Å². The summed E-state index contributed by atoms with van der Waals surface area (Å²) in [6, 6.07) is 5.00. The summed E-state index contributed by atoms with van der Waals surface area (Å²) in [5.41, 5.74) is 0.765. The van der Waals surface area contributed by atoms with Gasteiger partial charge in [0.05, 0.1) is 6.61 Å². The van der Waals surface area contributed by atoms with Crippen molar-refractivity contribution in [3.05, 3.63) is 18.2 Å². The third kappa shape index (κ3) is 2.13. The Morgan fingerprint density at radius 3 is 3.00 bits per heavy atom. The summed E-state index contributed by atoms with van der Waals surface area (Å²) in [5.74, 6) is 1.22. The maximum atomic E-state index is 12.2. The molecule has 2 atom stereocenters. The molecule has 6 heteroatoms. The van der Waals surface area contributed by atoms with Crippen LogP contribution in [0.1, 0.15) is 6.92 Å². The van der Waals surface area contributed by atoms with Gasteiger partial charge in [0, 0.05) is 24.3 Å². The lowest BCUT2D eigenvalue weighted by atomic mass is 10.1. The molecular weight excluding hydrogens is 248 g/mol. The van der Waals surface area contributed by atoms with Crippen molar-refractivity contribution in [3.8, 4) is 11.5 Å². The van der Waals surface area contributed by atoms with Gasteiger partial charge in [0.15, 0.2) is 11.5 Å². The highest BCUT2D eigenvalue weighted by atomic mass is 16.7. The Bertz CT molecular complexity index is 505. The van der Waals surface area contributed by atoms with Crippen LogP contribution in [0.4, 0.5) is 5.69 Å². The molecule has 0 radical (unpaired) electrons. The van der Waals surface area contributed by atoms with Crippen molar-refractivity contribution in [1.82, 2.24) is 5.32 Å². The van der Waals surface area contributed by atoms with E-state index >= 15 is 0 Å². The van der Waals surface area contributed by atoms with Crippen LogP contribution in [0.2, 0.25) is 0 Å². The molecule has 1 fully saturated rings. The fourth-order valence-electron chi connectivity index (χ4n) is 2.44. The van der Waals surface area contributed by atoms with E-state index in [0.29, 0.717) is 18.0 Å². The van der Waals surface area contributed by atoms with Gasteiger partial charge >= 0.3 is 0 Å². The highest BCUT2D eigenvalue weighted by Gasteiger charge is 2.32. The summed E-state index contributed by atoms with van der Waals surface area (Å²) in [5, 5.41) is 12.3. The fourth-order valence-corrected chi connectivity index (χ4v) is 2.44. The van der Waals surface area contributed by atoms with Crippen molar-refractivity contribution in [2.75, 3.05) is 24.8 Å². The molecule has 2 heterocycles. The number of rotatable bonds is 2. The number of amides is 1. The number of hydrogen-bond donors (Lipinski definition) is 2. The van der Waals surface area contributed by atoms with Gasteiger partial charge in [0.25, 0.3) is 0 Å². The molecule has 19 heavy (non-hydrogen) atoms. The summed E-state index contributed by atoms with van der Waals surface area (Å²) in [7, 11) is 0. The molecular formula is C13H16N2O4. The number of carbonyl (C=O) groups is 1. The lowest BCUT2D eigenvalue weighted by molar-refractivity contribution is -0.123. The van der Waals surface area contributed by atoms with E-state index in [2.05, 4.69) is 5.32 Å². The zero-order chi connectivity index (χ0) is 13.4. The van der Waals surface area contributed by atoms with E-state index in [1.165, 1.54) is 0 Å². The molecule has 0 bridgehead atoms. The molecule has 0 spiro atoms. The number of aliphatic hydroxyl groups is 1. The zero-order valence-corrected chi connectivity index (χ0v) is 10.6. The van der Waals surface area contributed by atoms with Gasteiger partial charge in [-0.05, 0) is 19.1 Å². The van der Waals surface area contributed by atoms with E-state index in [4.69, 9.17) is 9.47 Å². The van der Waals surface area contributed by atoms with Crippen LogP contribution in [0.15, 0.2) is 18.2 Å². The van der Waals surface area contributed by atoms with E-state index in [-0.39, 0.29) is 25.3 Å². The van der Waals surface area contributed by atoms with Gasteiger partial charge < -0.3 is 19.5 Å². The van der Waals surface area contributed by atoms with E-state index in [1.807, 2.05) is 13.0 Å². The molecule has 0 aromatic heterocycles. The van der Waals surface area contributed by atoms with E-state index < -0.39 is 6.04 Å². The Labute approximate surface area is 110 Å². The summed E-state index contributed by atoms with van der Waals surface area (Å²) in [6.07, 6.45) is 0. The first-order valence-corrected chi connectivity index (χ1v) is 6.27. The number of anilines is 1. The van der Waals surface area contributed by atoms with Crippen molar-refractivity contribution in [2.45, 2.75) is 19.0 Å². The van der Waals surface area contributed by atoms with Crippen LogP contribution >= 0.6 is 0 Å². The van der Waals surface area contributed by atoms with Crippen molar-refractivity contribution >= 4 is 11.6 Å². The molecule has 2 N–H and O–H groups in total. The largest absolute Gasteiger partial charge is 0.454 e. The van der Waals surface area contributed by atoms with Crippen LogP contribution in [0, 0.1) is 0 Å². The van der Waals surface area contributed by atoms with E-state index in [9.17, 15) is 9.90 Å². The second-order valence-electron chi connectivity index (χ2n) is 4.79. The average molecular weight is 264 g/mol. The molecule has 1 aromatic rings. The normalized spacial score (nSPS) is 25.8. The molecule has 1 amide bonds. The minimum Gasteiger partial charge on any atom is -0.454 e. The van der Waals surface area contributed by atoms with Gasteiger partial charge in [0.2, 0.25) is 12.7 Å². The Kier molecular flexibility index (Phi) is 3.04. The number of ether oxygens (including phenoxy) is 2. The first-order valence-electron chi connectivity index (χ1n) is 6.27. The van der Waals surface area contributed by atoms with Gasteiger partial charge in [-0.1, -0.05) is 0 Å². The summed E-state index contributed by atoms with van der Waals surface area (Å²) >= 11 is 0. The van der Waals surface area contributed by atoms with Crippen molar-refractivity contribution < 1.29 is 19.4 Å². The highest BCUT2D eigenvalue weighted by molar-refractivity contribution is 5.98. The van der Waals surface area contributed by atoms with Crippen molar-refractivity contribution in [2.24, 2.45) is 0 Å². The highest BCUT2D eigenvalue weighted by Crippen LogP contribution is 2.36. The summed E-state index contributed by atoms with van der Waals surface area (Å²) in [6.45, 7) is 2.55. The third-order valence-corrected chi connectivity index (χ3v) is 3.36. The smallest absolute Gasteiger partial charge is 0.246 e. The van der Waals surface area contributed by atoms with Gasteiger partial charge in [-0.15, -0.1) is 0 Å². The van der Waals surface area contributed by atoms with Crippen LogP contribution in [0.25, 0.3) is 0 Å². The number of benzene rings is 1. The molecule has 102 valence electrons. The number of nitrogens with one attached hydrogen (secondary N) is 1. The number of hydrogen-bond acceptors (Lipinski definition) is 5. The minimum absolute atomic E-state index is 0.125. The Morgan fingerprint density at radius 1 is 1.42 bits per heavy atom. The number of aliphatic hydroxyl groups excluding tert-OH is 1. The van der Waals surface area contributed by atoms with Crippen LogP contribution in [-0.2, 0) is 4.79 Å². The average Bonchev–Trinajstić information content (AvgIpc) is 2.88. The molecule has 0 saturated carbocycles. The number of piperazine rings is 1. The number of fused-ring (bicyclic) bond motifs is 1. The second-order valence-corrected chi connectivity index (χ2v) is 4.79. The molecule has 1 aromatic carbocycles. The topological polar surface area (TPSA) is 71.0 Å². The standard InChI is InChI=1S/C13H16N2O4/c1-8-5-15(13(17)10(6-16)14-8)9-2-3-11-12(4-9)19-7-18-11/h2-4,8,10,14,16H,5-7H2,1H3. The predicted octanol–water partition coefficient (Wildman–Crippen LogP) is 0.101. The van der Waals surface area contributed by atoms with Gasteiger partial charge in [-0.2, -0.15) is 0 Å². The number of carbonyl (C=O) groups excluding carboxylic acids is 1. The Balaban J connectivity index is 1.89.